The molecule has 1 aromatic heterocycles. The molecule has 0 aliphatic carbocycles. The molecule has 2 N–H and O–H groups in total. The van der Waals surface area contributed by atoms with E-state index in [0.717, 1.165) is 12.1 Å². The summed E-state index contributed by atoms with van der Waals surface area (Å²) < 4.78 is 0. The molecule has 3 rings (SSSR count). The standard InChI is InChI=1S/C16H17N3O2/c20-11-9-18-15-13(5-3-8-17-15)16(21)19-10-7-12-4-1-2-6-14(12)19/h1-6,8,20H,7,9-11H2,(H,17,18). The molecule has 0 saturated carbocycles. The van der Waals surface area contributed by atoms with Crippen molar-refractivity contribution in [3.63, 3.8) is 0 Å². The monoisotopic (exact) mass is 283 g/mol. The van der Waals surface area contributed by atoms with Gasteiger partial charge in [0, 0.05) is 25.0 Å². The van der Waals surface area contributed by atoms with Crippen molar-refractivity contribution in [2.24, 2.45) is 0 Å². The molecule has 1 aliphatic rings. The Morgan fingerprint density at radius 2 is 2.14 bits per heavy atom. The smallest absolute Gasteiger partial charge is 0.262 e. The van der Waals surface area contributed by atoms with E-state index in [2.05, 4.69) is 16.4 Å². The Kier molecular flexibility index (Phi) is 3.83. The topological polar surface area (TPSA) is 65.5 Å². The van der Waals surface area contributed by atoms with Gasteiger partial charge in [0.1, 0.15) is 5.82 Å². The second-order valence-corrected chi connectivity index (χ2v) is 4.89. The van der Waals surface area contributed by atoms with Crippen LogP contribution in [0.15, 0.2) is 42.6 Å². The normalized spacial score (nSPS) is 13.1. The first-order valence-corrected chi connectivity index (χ1v) is 7.01. The van der Waals surface area contributed by atoms with E-state index in [4.69, 9.17) is 5.11 Å². The zero-order valence-electron chi connectivity index (χ0n) is 11.6. The summed E-state index contributed by atoms with van der Waals surface area (Å²) in [5.74, 6) is 0.453. The van der Waals surface area contributed by atoms with E-state index in [9.17, 15) is 4.79 Å². The molecule has 1 aromatic carbocycles. The van der Waals surface area contributed by atoms with Crippen molar-refractivity contribution in [2.75, 3.05) is 29.9 Å². The number of benzene rings is 1. The highest BCUT2D eigenvalue weighted by Crippen LogP contribution is 2.29. The summed E-state index contributed by atoms with van der Waals surface area (Å²) in [5, 5.41) is 11.9. The molecule has 0 fully saturated rings. The highest BCUT2D eigenvalue weighted by Gasteiger charge is 2.26. The summed E-state index contributed by atoms with van der Waals surface area (Å²) >= 11 is 0. The van der Waals surface area contributed by atoms with Crippen LogP contribution in [0.1, 0.15) is 15.9 Å². The Hall–Kier alpha value is -2.40. The van der Waals surface area contributed by atoms with Gasteiger partial charge in [-0.1, -0.05) is 18.2 Å². The van der Waals surface area contributed by atoms with Crippen molar-refractivity contribution in [1.29, 1.82) is 0 Å². The van der Waals surface area contributed by atoms with Gasteiger partial charge < -0.3 is 15.3 Å². The van der Waals surface area contributed by atoms with Crippen LogP contribution in [-0.4, -0.2) is 35.7 Å². The van der Waals surface area contributed by atoms with E-state index in [1.165, 1.54) is 5.56 Å². The van der Waals surface area contributed by atoms with Gasteiger partial charge in [-0.25, -0.2) is 4.98 Å². The van der Waals surface area contributed by atoms with Crippen molar-refractivity contribution in [1.82, 2.24) is 4.98 Å². The molecule has 0 radical (unpaired) electrons. The molecule has 2 aromatic rings. The molecule has 2 heterocycles. The molecule has 21 heavy (non-hydrogen) atoms. The van der Waals surface area contributed by atoms with Crippen molar-refractivity contribution in [3.8, 4) is 0 Å². The first kappa shape index (κ1) is 13.6. The molecule has 108 valence electrons. The van der Waals surface area contributed by atoms with Gasteiger partial charge in [0.25, 0.3) is 5.91 Å². The van der Waals surface area contributed by atoms with Crippen LogP contribution in [0.25, 0.3) is 0 Å². The van der Waals surface area contributed by atoms with Crippen LogP contribution in [0.4, 0.5) is 11.5 Å². The van der Waals surface area contributed by atoms with Gasteiger partial charge >= 0.3 is 0 Å². The second kappa shape index (κ2) is 5.93. The minimum Gasteiger partial charge on any atom is -0.395 e. The number of carbonyl (C=O) groups is 1. The van der Waals surface area contributed by atoms with Crippen molar-refractivity contribution < 1.29 is 9.90 Å². The van der Waals surface area contributed by atoms with Crippen LogP contribution in [-0.2, 0) is 6.42 Å². The van der Waals surface area contributed by atoms with E-state index in [0.29, 0.717) is 24.5 Å². The van der Waals surface area contributed by atoms with E-state index >= 15 is 0 Å². The number of rotatable bonds is 4. The average molecular weight is 283 g/mol. The Labute approximate surface area is 123 Å². The zero-order chi connectivity index (χ0) is 14.7. The highest BCUT2D eigenvalue weighted by molar-refractivity contribution is 6.10. The third-order valence-electron chi connectivity index (χ3n) is 3.57. The lowest BCUT2D eigenvalue weighted by Gasteiger charge is -2.19. The number of hydrogen-bond acceptors (Lipinski definition) is 4. The van der Waals surface area contributed by atoms with Crippen LogP contribution in [0.5, 0.6) is 0 Å². The molecular formula is C16H17N3O2. The van der Waals surface area contributed by atoms with Crippen molar-refractivity contribution in [3.05, 3.63) is 53.7 Å². The molecule has 0 bridgehead atoms. The number of nitrogens with one attached hydrogen (secondary N) is 1. The number of aliphatic hydroxyl groups excluding tert-OH is 1. The number of nitrogens with zero attached hydrogens (tertiary/aromatic N) is 2. The third-order valence-corrected chi connectivity index (χ3v) is 3.57. The van der Waals surface area contributed by atoms with E-state index in [1.54, 1.807) is 23.2 Å². The summed E-state index contributed by atoms with van der Waals surface area (Å²) in [6.45, 7) is 1.05. The molecule has 0 atom stereocenters. The fraction of sp³-hybridized carbons (Fsp3) is 0.250. The minimum absolute atomic E-state index is 0.00322. The first-order valence-electron chi connectivity index (χ1n) is 7.01. The number of carbonyl (C=O) groups excluding carboxylic acids is 1. The van der Waals surface area contributed by atoms with Gasteiger partial charge in [0.2, 0.25) is 0 Å². The SMILES string of the molecule is O=C(c1cccnc1NCCO)N1CCc2ccccc21. The number of fused-ring (bicyclic) bond motifs is 1. The second-order valence-electron chi connectivity index (χ2n) is 4.89. The number of anilines is 2. The Morgan fingerprint density at radius 1 is 1.29 bits per heavy atom. The molecule has 5 nitrogen and oxygen atoms in total. The maximum absolute atomic E-state index is 12.8. The molecular weight excluding hydrogens is 266 g/mol. The van der Waals surface area contributed by atoms with Gasteiger partial charge in [0.05, 0.1) is 12.2 Å². The van der Waals surface area contributed by atoms with Crippen LogP contribution in [0.2, 0.25) is 0 Å². The average Bonchev–Trinajstić information content (AvgIpc) is 2.96. The van der Waals surface area contributed by atoms with Gasteiger partial charge in [-0.05, 0) is 30.2 Å². The number of hydrogen-bond donors (Lipinski definition) is 2. The third kappa shape index (κ3) is 2.60. The summed E-state index contributed by atoms with van der Waals surface area (Å²) in [6.07, 6.45) is 2.51. The van der Waals surface area contributed by atoms with Gasteiger partial charge in [-0.15, -0.1) is 0 Å². The minimum atomic E-state index is -0.0616. The van der Waals surface area contributed by atoms with E-state index in [-0.39, 0.29) is 12.5 Å². The fourth-order valence-corrected chi connectivity index (χ4v) is 2.59. The lowest BCUT2D eigenvalue weighted by atomic mass is 10.1. The van der Waals surface area contributed by atoms with Crippen LogP contribution in [0.3, 0.4) is 0 Å². The predicted molar refractivity (Wildman–Crippen MR) is 81.6 cm³/mol. The number of para-hydroxylation sites is 1. The van der Waals surface area contributed by atoms with Crippen molar-refractivity contribution >= 4 is 17.4 Å². The van der Waals surface area contributed by atoms with E-state index in [1.807, 2.05) is 18.2 Å². The zero-order valence-corrected chi connectivity index (χ0v) is 11.6. The molecule has 5 heteroatoms. The Bertz CT molecular complexity index is 657. The maximum Gasteiger partial charge on any atom is 0.262 e. The summed E-state index contributed by atoms with van der Waals surface area (Å²) in [5.41, 5.74) is 2.70. The van der Waals surface area contributed by atoms with Crippen LogP contribution >= 0.6 is 0 Å². The lowest BCUT2D eigenvalue weighted by Crippen LogP contribution is -2.30. The number of aromatic nitrogens is 1. The Morgan fingerprint density at radius 3 is 3.00 bits per heavy atom. The molecule has 1 aliphatic heterocycles. The largest absolute Gasteiger partial charge is 0.395 e. The van der Waals surface area contributed by atoms with Gasteiger partial charge in [-0.3, -0.25) is 4.79 Å². The van der Waals surface area contributed by atoms with E-state index < -0.39 is 0 Å². The Balaban J connectivity index is 1.90. The number of aliphatic hydroxyl groups is 1. The van der Waals surface area contributed by atoms with Gasteiger partial charge in [0.15, 0.2) is 0 Å². The predicted octanol–water partition coefficient (Wildman–Crippen LogP) is 1.69. The molecule has 0 spiro atoms. The summed E-state index contributed by atoms with van der Waals surface area (Å²) in [7, 11) is 0. The summed E-state index contributed by atoms with van der Waals surface area (Å²) in [6, 6.07) is 11.5. The fourth-order valence-electron chi connectivity index (χ4n) is 2.59. The summed E-state index contributed by atoms with van der Waals surface area (Å²) in [4.78, 5) is 18.8. The van der Waals surface area contributed by atoms with Gasteiger partial charge in [-0.2, -0.15) is 0 Å². The number of amides is 1. The molecule has 0 unspecified atom stereocenters. The molecule has 1 amide bonds. The lowest BCUT2D eigenvalue weighted by molar-refractivity contribution is 0.0990. The van der Waals surface area contributed by atoms with Crippen molar-refractivity contribution in [2.45, 2.75) is 6.42 Å². The quantitative estimate of drug-likeness (QED) is 0.896. The molecule has 0 saturated heterocycles. The van der Waals surface area contributed by atoms with Crippen LogP contribution < -0.4 is 10.2 Å². The number of pyridine rings is 1. The van der Waals surface area contributed by atoms with Crippen LogP contribution in [0, 0.1) is 0 Å². The maximum atomic E-state index is 12.8. The first-order chi connectivity index (χ1) is 10.3. The highest BCUT2D eigenvalue weighted by atomic mass is 16.3.